The SMILES string of the molecule is O=C(c1ccc2ncsc2c1)N1CCC[C@](O)(CN2CCCC2)C1. The third kappa shape index (κ3) is 3.18. The van der Waals surface area contributed by atoms with E-state index in [0.29, 0.717) is 18.7 Å². The van der Waals surface area contributed by atoms with Gasteiger partial charge < -0.3 is 14.9 Å². The molecule has 1 amide bonds. The number of hydrogen-bond donors (Lipinski definition) is 1. The third-order valence-electron chi connectivity index (χ3n) is 5.14. The van der Waals surface area contributed by atoms with Crippen LogP contribution in [-0.2, 0) is 0 Å². The summed E-state index contributed by atoms with van der Waals surface area (Å²) < 4.78 is 1.03. The molecule has 0 spiro atoms. The van der Waals surface area contributed by atoms with Gasteiger partial charge in [-0.25, -0.2) is 4.98 Å². The number of piperidine rings is 1. The summed E-state index contributed by atoms with van der Waals surface area (Å²) in [5.41, 5.74) is 2.65. The lowest BCUT2D eigenvalue weighted by Crippen LogP contribution is -2.55. The fourth-order valence-electron chi connectivity index (χ4n) is 3.94. The van der Waals surface area contributed by atoms with Crippen LogP contribution in [0.4, 0.5) is 0 Å². The first-order valence-corrected chi connectivity index (χ1v) is 9.58. The van der Waals surface area contributed by atoms with Gasteiger partial charge in [0.1, 0.15) is 0 Å². The molecule has 0 aliphatic carbocycles. The van der Waals surface area contributed by atoms with Crippen molar-refractivity contribution in [1.29, 1.82) is 0 Å². The molecule has 1 aromatic heterocycles. The van der Waals surface area contributed by atoms with Crippen molar-refractivity contribution < 1.29 is 9.90 Å². The van der Waals surface area contributed by atoms with Gasteiger partial charge in [0.2, 0.25) is 0 Å². The van der Waals surface area contributed by atoms with Crippen LogP contribution in [0.5, 0.6) is 0 Å². The van der Waals surface area contributed by atoms with Gasteiger partial charge in [0, 0.05) is 18.7 Å². The predicted octanol–water partition coefficient (Wildman–Crippen LogP) is 2.36. The molecule has 0 unspecified atom stereocenters. The normalized spacial score (nSPS) is 25.5. The van der Waals surface area contributed by atoms with E-state index in [1.165, 1.54) is 12.8 Å². The summed E-state index contributed by atoms with van der Waals surface area (Å²) in [5.74, 6) is 0.0184. The molecule has 2 fully saturated rings. The second-order valence-electron chi connectivity index (χ2n) is 7.07. The predicted molar refractivity (Wildman–Crippen MR) is 95.4 cm³/mol. The van der Waals surface area contributed by atoms with E-state index in [-0.39, 0.29) is 5.91 Å². The maximum Gasteiger partial charge on any atom is 0.254 e. The molecule has 24 heavy (non-hydrogen) atoms. The number of nitrogens with zero attached hydrogens (tertiary/aromatic N) is 3. The van der Waals surface area contributed by atoms with E-state index in [1.54, 1.807) is 16.8 Å². The molecule has 3 heterocycles. The quantitative estimate of drug-likeness (QED) is 0.928. The molecule has 0 radical (unpaired) electrons. The molecular formula is C18H23N3O2S. The largest absolute Gasteiger partial charge is 0.387 e. The van der Waals surface area contributed by atoms with Crippen molar-refractivity contribution >= 4 is 27.5 Å². The minimum absolute atomic E-state index is 0.0184. The Morgan fingerprint density at radius 2 is 2.08 bits per heavy atom. The van der Waals surface area contributed by atoms with Gasteiger partial charge in [0.25, 0.3) is 5.91 Å². The highest BCUT2D eigenvalue weighted by molar-refractivity contribution is 7.16. The molecule has 2 aliphatic rings. The van der Waals surface area contributed by atoms with Crippen LogP contribution < -0.4 is 0 Å². The first-order chi connectivity index (χ1) is 11.6. The smallest absolute Gasteiger partial charge is 0.254 e. The Morgan fingerprint density at radius 3 is 2.92 bits per heavy atom. The number of aromatic nitrogens is 1. The number of hydrogen-bond acceptors (Lipinski definition) is 5. The third-order valence-corrected chi connectivity index (χ3v) is 5.93. The van der Waals surface area contributed by atoms with Crippen molar-refractivity contribution in [3.63, 3.8) is 0 Å². The molecule has 2 saturated heterocycles. The Balaban J connectivity index is 1.49. The van der Waals surface area contributed by atoms with E-state index in [1.807, 2.05) is 23.1 Å². The van der Waals surface area contributed by atoms with E-state index in [0.717, 1.165) is 42.7 Å². The van der Waals surface area contributed by atoms with Crippen molar-refractivity contribution in [3.8, 4) is 0 Å². The lowest BCUT2D eigenvalue weighted by Gasteiger charge is -2.41. The van der Waals surface area contributed by atoms with Crippen LogP contribution >= 0.6 is 11.3 Å². The van der Waals surface area contributed by atoms with E-state index in [2.05, 4.69) is 9.88 Å². The van der Waals surface area contributed by atoms with Gasteiger partial charge in [0.05, 0.1) is 27.9 Å². The zero-order valence-electron chi connectivity index (χ0n) is 13.8. The van der Waals surface area contributed by atoms with Crippen LogP contribution in [0.25, 0.3) is 10.2 Å². The maximum absolute atomic E-state index is 12.9. The molecule has 128 valence electrons. The molecule has 1 N–H and O–H groups in total. The summed E-state index contributed by atoms with van der Waals surface area (Å²) in [4.78, 5) is 21.3. The van der Waals surface area contributed by atoms with Gasteiger partial charge >= 0.3 is 0 Å². The van der Waals surface area contributed by atoms with E-state index < -0.39 is 5.60 Å². The number of carbonyl (C=O) groups excluding carboxylic acids is 1. The average molecular weight is 345 g/mol. The van der Waals surface area contributed by atoms with Gasteiger partial charge in [0.15, 0.2) is 0 Å². The zero-order valence-corrected chi connectivity index (χ0v) is 14.6. The van der Waals surface area contributed by atoms with E-state index in [9.17, 15) is 9.90 Å². The van der Waals surface area contributed by atoms with Crippen LogP contribution in [0.3, 0.4) is 0 Å². The number of carbonyl (C=O) groups is 1. The summed E-state index contributed by atoms with van der Waals surface area (Å²) in [6.45, 7) is 3.98. The van der Waals surface area contributed by atoms with Gasteiger partial charge in [-0.1, -0.05) is 0 Å². The molecule has 0 bridgehead atoms. The summed E-state index contributed by atoms with van der Waals surface area (Å²) in [6, 6.07) is 5.67. The number of thiazole rings is 1. The van der Waals surface area contributed by atoms with Crippen molar-refractivity contribution in [2.24, 2.45) is 0 Å². The summed E-state index contributed by atoms with van der Waals surface area (Å²) in [7, 11) is 0. The van der Waals surface area contributed by atoms with Gasteiger partial charge in [-0.05, 0) is 57.0 Å². The van der Waals surface area contributed by atoms with Crippen LogP contribution in [0.15, 0.2) is 23.7 Å². The topological polar surface area (TPSA) is 56.7 Å². The highest BCUT2D eigenvalue weighted by Crippen LogP contribution is 2.26. The Morgan fingerprint density at radius 1 is 1.25 bits per heavy atom. The summed E-state index contributed by atoms with van der Waals surface area (Å²) in [5, 5.41) is 11.0. The first-order valence-electron chi connectivity index (χ1n) is 8.70. The van der Waals surface area contributed by atoms with Crippen molar-refractivity contribution in [2.75, 3.05) is 32.7 Å². The molecule has 2 aliphatic heterocycles. The van der Waals surface area contributed by atoms with Gasteiger partial charge in [-0.3, -0.25) is 4.79 Å². The average Bonchev–Trinajstić information content (AvgIpc) is 3.24. The molecule has 2 aromatic rings. The van der Waals surface area contributed by atoms with Gasteiger partial charge in [-0.2, -0.15) is 0 Å². The van der Waals surface area contributed by atoms with E-state index in [4.69, 9.17) is 0 Å². The number of benzene rings is 1. The minimum atomic E-state index is -0.771. The highest BCUT2D eigenvalue weighted by Gasteiger charge is 2.37. The van der Waals surface area contributed by atoms with Gasteiger partial charge in [-0.15, -0.1) is 11.3 Å². The van der Waals surface area contributed by atoms with E-state index >= 15 is 0 Å². The number of amides is 1. The van der Waals surface area contributed by atoms with Crippen molar-refractivity contribution in [2.45, 2.75) is 31.3 Å². The van der Waals surface area contributed by atoms with Crippen LogP contribution in [0, 0.1) is 0 Å². The standard InChI is InChI=1S/C18H23N3O2S/c22-17(14-4-5-15-16(10-14)24-13-19-15)21-9-3-6-18(23,12-21)11-20-7-1-2-8-20/h4-5,10,13,23H,1-3,6-9,11-12H2/t18-/m0/s1. The maximum atomic E-state index is 12.9. The Labute approximate surface area is 145 Å². The fraction of sp³-hybridized carbons (Fsp3) is 0.556. The second kappa shape index (κ2) is 6.43. The first kappa shape index (κ1) is 16.0. The Kier molecular flexibility index (Phi) is 4.28. The van der Waals surface area contributed by atoms with Crippen LogP contribution in [0.2, 0.25) is 0 Å². The van der Waals surface area contributed by atoms with Crippen molar-refractivity contribution in [3.05, 3.63) is 29.3 Å². The number of β-amino-alcohol motifs (C(OH)–C–C–N with tert-alkyl or cyclic N) is 1. The molecule has 1 aromatic carbocycles. The summed E-state index contributed by atoms with van der Waals surface area (Å²) >= 11 is 1.55. The molecule has 0 saturated carbocycles. The van der Waals surface area contributed by atoms with Crippen LogP contribution in [-0.4, -0.2) is 64.1 Å². The highest BCUT2D eigenvalue weighted by atomic mass is 32.1. The molecule has 5 nitrogen and oxygen atoms in total. The van der Waals surface area contributed by atoms with Crippen molar-refractivity contribution in [1.82, 2.24) is 14.8 Å². The fourth-order valence-corrected chi connectivity index (χ4v) is 4.66. The number of aliphatic hydroxyl groups is 1. The molecule has 4 rings (SSSR count). The van der Waals surface area contributed by atoms with Crippen LogP contribution in [0.1, 0.15) is 36.0 Å². The minimum Gasteiger partial charge on any atom is -0.387 e. The second-order valence-corrected chi connectivity index (χ2v) is 7.96. The number of likely N-dealkylation sites (tertiary alicyclic amines) is 2. The lowest BCUT2D eigenvalue weighted by atomic mass is 9.91. The number of fused-ring (bicyclic) bond motifs is 1. The lowest BCUT2D eigenvalue weighted by molar-refractivity contribution is -0.0431. The molecular weight excluding hydrogens is 322 g/mol. The molecule has 6 heteroatoms. The molecule has 1 atom stereocenters. The number of rotatable bonds is 3. The summed E-state index contributed by atoms with van der Waals surface area (Å²) in [6.07, 6.45) is 4.07. The Bertz CT molecular complexity index is 741. The monoisotopic (exact) mass is 345 g/mol. The Hall–Kier alpha value is -1.50. The zero-order chi connectivity index (χ0) is 16.6.